The number of ether oxygens (including phenoxy) is 2. The van der Waals surface area contributed by atoms with Gasteiger partial charge in [0.25, 0.3) is 5.91 Å². The van der Waals surface area contributed by atoms with Crippen molar-refractivity contribution in [1.82, 2.24) is 5.43 Å². The van der Waals surface area contributed by atoms with Crippen molar-refractivity contribution in [3.63, 3.8) is 0 Å². The lowest BCUT2D eigenvalue weighted by atomic mass is 10.1. The molecule has 0 aliphatic carbocycles. The average molecular weight is 405 g/mol. The van der Waals surface area contributed by atoms with Crippen LogP contribution in [-0.2, 0) is 9.53 Å². The zero-order chi connectivity index (χ0) is 18.2. The summed E-state index contributed by atoms with van der Waals surface area (Å²) in [6.45, 7) is 1.81. The zero-order valence-corrected chi connectivity index (χ0v) is 15.4. The number of carbonyl (C=O) groups excluding carboxylic acids is 2. The lowest BCUT2D eigenvalue weighted by molar-refractivity contribution is -0.123. The number of halogens is 1. The predicted octanol–water partition coefficient (Wildman–Crippen LogP) is 3.07. The van der Waals surface area contributed by atoms with E-state index in [0.717, 1.165) is 15.6 Å². The second-order valence-corrected chi connectivity index (χ2v) is 5.98. The molecule has 0 bridgehead atoms. The van der Waals surface area contributed by atoms with Gasteiger partial charge in [0.15, 0.2) is 6.61 Å². The van der Waals surface area contributed by atoms with Crippen molar-refractivity contribution >= 4 is 34.0 Å². The van der Waals surface area contributed by atoms with Crippen molar-refractivity contribution in [2.24, 2.45) is 5.10 Å². The summed E-state index contributed by atoms with van der Waals surface area (Å²) in [5, 5.41) is 3.85. The van der Waals surface area contributed by atoms with Crippen LogP contribution in [0.4, 0.5) is 0 Å². The number of hydrazone groups is 1. The summed E-state index contributed by atoms with van der Waals surface area (Å²) < 4.78 is 10.8. The third-order valence-corrected chi connectivity index (χ3v) is 3.80. The third kappa shape index (κ3) is 5.72. The standard InChI is InChI=1S/C18H17BrN2O4/c1-12-3-8-16(15(19)9-12)25-11-17(22)21-20-10-13-4-6-14(7-5-13)18(23)24-2/h3-10H,11H2,1-2H3,(H,21,22). The number of benzene rings is 2. The number of hydrogen-bond donors (Lipinski definition) is 1. The fraction of sp³-hybridized carbons (Fsp3) is 0.167. The van der Waals surface area contributed by atoms with Gasteiger partial charge < -0.3 is 9.47 Å². The molecular formula is C18H17BrN2O4. The molecule has 25 heavy (non-hydrogen) atoms. The van der Waals surface area contributed by atoms with Gasteiger partial charge in [0.1, 0.15) is 5.75 Å². The van der Waals surface area contributed by atoms with Crippen molar-refractivity contribution in [3.05, 3.63) is 63.6 Å². The molecular weight excluding hydrogens is 388 g/mol. The van der Waals surface area contributed by atoms with Crippen LogP contribution in [0.15, 0.2) is 52.0 Å². The molecule has 0 heterocycles. The summed E-state index contributed by atoms with van der Waals surface area (Å²) in [7, 11) is 1.32. The van der Waals surface area contributed by atoms with E-state index in [9.17, 15) is 9.59 Å². The van der Waals surface area contributed by atoms with E-state index in [4.69, 9.17) is 4.74 Å². The minimum Gasteiger partial charge on any atom is -0.483 e. The lowest BCUT2D eigenvalue weighted by Gasteiger charge is -2.07. The number of amides is 1. The molecule has 0 unspecified atom stereocenters. The van der Waals surface area contributed by atoms with Crippen LogP contribution in [0.3, 0.4) is 0 Å². The van der Waals surface area contributed by atoms with Gasteiger partial charge in [0.2, 0.25) is 0 Å². The van der Waals surface area contributed by atoms with Crippen LogP contribution < -0.4 is 10.2 Å². The average Bonchev–Trinajstić information content (AvgIpc) is 2.61. The minimum atomic E-state index is -0.406. The number of nitrogens with one attached hydrogen (secondary N) is 1. The van der Waals surface area contributed by atoms with E-state index in [-0.39, 0.29) is 12.5 Å². The molecule has 0 spiro atoms. The highest BCUT2D eigenvalue weighted by Crippen LogP contribution is 2.25. The molecule has 1 amide bonds. The highest BCUT2D eigenvalue weighted by Gasteiger charge is 2.05. The summed E-state index contributed by atoms with van der Waals surface area (Å²) >= 11 is 3.38. The molecule has 6 nitrogen and oxygen atoms in total. The van der Waals surface area contributed by atoms with Gasteiger partial charge in [-0.3, -0.25) is 4.79 Å². The van der Waals surface area contributed by atoms with Crippen molar-refractivity contribution in [3.8, 4) is 5.75 Å². The largest absolute Gasteiger partial charge is 0.483 e. The van der Waals surface area contributed by atoms with E-state index in [1.807, 2.05) is 19.1 Å². The SMILES string of the molecule is COC(=O)c1ccc(C=NNC(=O)COc2ccc(C)cc2Br)cc1. The minimum absolute atomic E-state index is 0.153. The van der Waals surface area contributed by atoms with E-state index in [2.05, 4.69) is 31.2 Å². The summed E-state index contributed by atoms with van der Waals surface area (Å²) in [4.78, 5) is 23.1. The molecule has 2 aromatic rings. The Hall–Kier alpha value is -2.67. The van der Waals surface area contributed by atoms with Crippen LogP contribution >= 0.6 is 15.9 Å². The van der Waals surface area contributed by atoms with Gasteiger partial charge in [0, 0.05) is 0 Å². The highest BCUT2D eigenvalue weighted by atomic mass is 79.9. The van der Waals surface area contributed by atoms with Crippen LogP contribution in [0.25, 0.3) is 0 Å². The second kappa shape index (κ2) is 8.98. The van der Waals surface area contributed by atoms with Gasteiger partial charge in [0.05, 0.1) is 23.4 Å². The summed E-state index contributed by atoms with van der Waals surface area (Å²) in [6, 6.07) is 12.2. The number of nitrogens with zero attached hydrogens (tertiary/aromatic N) is 1. The monoisotopic (exact) mass is 404 g/mol. The molecule has 1 N–H and O–H groups in total. The molecule has 0 saturated carbocycles. The maximum atomic E-state index is 11.7. The van der Waals surface area contributed by atoms with Crippen molar-refractivity contribution in [2.45, 2.75) is 6.92 Å². The van der Waals surface area contributed by atoms with Crippen LogP contribution in [0.1, 0.15) is 21.5 Å². The molecule has 0 atom stereocenters. The first kappa shape index (κ1) is 18.7. The zero-order valence-electron chi connectivity index (χ0n) is 13.8. The van der Waals surface area contributed by atoms with E-state index in [1.165, 1.54) is 13.3 Å². The second-order valence-electron chi connectivity index (χ2n) is 5.13. The summed E-state index contributed by atoms with van der Waals surface area (Å²) in [5.74, 6) is -0.200. The fourth-order valence-corrected chi connectivity index (χ4v) is 2.51. The fourth-order valence-electron chi connectivity index (χ4n) is 1.90. The normalized spacial score (nSPS) is 10.5. The maximum absolute atomic E-state index is 11.7. The van der Waals surface area contributed by atoms with Gasteiger partial charge in [-0.2, -0.15) is 5.10 Å². The Morgan fingerprint density at radius 1 is 1.20 bits per heavy atom. The van der Waals surface area contributed by atoms with Crippen molar-refractivity contribution in [1.29, 1.82) is 0 Å². The Morgan fingerprint density at radius 2 is 1.92 bits per heavy atom. The first-order valence-corrected chi connectivity index (χ1v) is 8.18. The van der Waals surface area contributed by atoms with E-state index in [0.29, 0.717) is 11.3 Å². The van der Waals surface area contributed by atoms with Crippen LogP contribution in [0, 0.1) is 6.92 Å². The van der Waals surface area contributed by atoms with Crippen LogP contribution in [-0.4, -0.2) is 31.8 Å². The molecule has 2 rings (SSSR count). The molecule has 7 heteroatoms. The number of rotatable bonds is 6. The Balaban J connectivity index is 1.83. The van der Waals surface area contributed by atoms with Gasteiger partial charge in [-0.15, -0.1) is 0 Å². The quantitative estimate of drug-likeness (QED) is 0.455. The van der Waals surface area contributed by atoms with E-state index >= 15 is 0 Å². The molecule has 0 aromatic heterocycles. The van der Waals surface area contributed by atoms with Crippen LogP contribution in [0.2, 0.25) is 0 Å². The molecule has 2 aromatic carbocycles. The molecule has 0 saturated heterocycles. The van der Waals surface area contributed by atoms with Gasteiger partial charge in [-0.1, -0.05) is 18.2 Å². The Kier molecular flexibility index (Phi) is 6.71. The molecule has 0 fully saturated rings. The lowest BCUT2D eigenvalue weighted by Crippen LogP contribution is -2.24. The maximum Gasteiger partial charge on any atom is 0.337 e. The number of methoxy groups -OCH3 is 1. The highest BCUT2D eigenvalue weighted by molar-refractivity contribution is 9.10. The first-order chi connectivity index (χ1) is 12.0. The number of hydrogen-bond acceptors (Lipinski definition) is 5. The summed E-state index contributed by atoms with van der Waals surface area (Å²) in [6.07, 6.45) is 1.47. The molecule has 0 aliphatic rings. The van der Waals surface area contributed by atoms with Crippen molar-refractivity contribution < 1.29 is 19.1 Å². The van der Waals surface area contributed by atoms with Gasteiger partial charge in [-0.05, 0) is 58.2 Å². The van der Waals surface area contributed by atoms with Crippen LogP contribution in [0.5, 0.6) is 5.75 Å². The number of esters is 1. The van der Waals surface area contributed by atoms with Gasteiger partial charge in [-0.25, -0.2) is 10.2 Å². The summed E-state index contributed by atoms with van der Waals surface area (Å²) in [5.41, 5.74) is 4.65. The topological polar surface area (TPSA) is 77.0 Å². The Bertz CT molecular complexity index is 788. The molecule has 130 valence electrons. The Morgan fingerprint density at radius 3 is 2.56 bits per heavy atom. The first-order valence-electron chi connectivity index (χ1n) is 7.39. The third-order valence-electron chi connectivity index (χ3n) is 3.18. The van der Waals surface area contributed by atoms with Gasteiger partial charge >= 0.3 is 5.97 Å². The van der Waals surface area contributed by atoms with E-state index < -0.39 is 5.97 Å². The van der Waals surface area contributed by atoms with E-state index in [1.54, 1.807) is 30.3 Å². The number of aryl methyl sites for hydroxylation is 1. The smallest absolute Gasteiger partial charge is 0.337 e. The molecule has 0 aliphatic heterocycles. The Labute approximate surface area is 154 Å². The van der Waals surface area contributed by atoms with Crippen molar-refractivity contribution in [2.75, 3.05) is 13.7 Å². The molecule has 0 radical (unpaired) electrons. The number of carbonyl (C=O) groups is 2. The predicted molar refractivity (Wildman–Crippen MR) is 97.9 cm³/mol.